The molecule has 4 aromatic rings. The van der Waals surface area contributed by atoms with Crippen molar-refractivity contribution in [2.24, 2.45) is 0 Å². The molecule has 1 aromatic carbocycles. The van der Waals surface area contributed by atoms with E-state index in [0.717, 1.165) is 10.4 Å². The molecule has 1 fully saturated rings. The molecule has 0 aliphatic carbocycles. The van der Waals surface area contributed by atoms with Gasteiger partial charge in [-0.2, -0.15) is 5.10 Å². The van der Waals surface area contributed by atoms with Gasteiger partial charge in [0.25, 0.3) is 5.91 Å². The molecule has 1 aliphatic heterocycles. The van der Waals surface area contributed by atoms with Crippen molar-refractivity contribution < 1.29 is 13.2 Å². The summed E-state index contributed by atoms with van der Waals surface area (Å²) in [5, 5.41) is 10.4. The number of carbonyl (C=O) groups excluding carboxylic acids is 1. The van der Waals surface area contributed by atoms with Crippen LogP contribution in [0.15, 0.2) is 53.9 Å². The number of fused-ring (bicyclic) bond motifs is 1. The van der Waals surface area contributed by atoms with Gasteiger partial charge < -0.3 is 5.32 Å². The van der Waals surface area contributed by atoms with E-state index in [0.29, 0.717) is 34.4 Å². The molecule has 1 aliphatic rings. The SMILES string of the molecule is Cc1nn(C2CCS(=O)(=O)C2)c2nc(-c3cccs3)cc(C(=O)NC(C)c3ccccc3)c12. The number of sulfone groups is 1. The molecular formula is C24H24N4O3S2. The Labute approximate surface area is 196 Å². The molecule has 1 saturated heterocycles. The van der Waals surface area contributed by atoms with Crippen LogP contribution in [0.3, 0.4) is 0 Å². The van der Waals surface area contributed by atoms with Crippen LogP contribution in [0.25, 0.3) is 21.6 Å². The predicted molar refractivity (Wildman–Crippen MR) is 130 cm³/mol. The van der Waals surface area contributed by atoms with Gasteiger partial charge in [-0.05, 0) is 43.3 Å². The van der Waals surface area contributed by atoms with Crippen molar-refractivity contribution in [3.8, 4) is 10.6 Å². The zero-order chi connectivity index (χ0) is 23.2. The molecule has 1 amide bonds. The monoisotopic (exact) mass is 480 g/mol. The normalized spacial score (nSPS) is 18.4. The van der Waals surface area contributed by atoms with E-state index >= 15 is 0 Å². The lowest BCUT2D eigenvalue weighted by atomic mass is 10.1. The van der Waals surface area contributed by atoms with Crippen LogP contribution in [0.2, 0.25) is 0 Å². The Balaban J connectivity index is 1.62. The van der Waals surface area contributed by atoms with Gasteiger partial charge in [-0.15, -0.1) is 11.3 Å². The maximum atomic E-state index is 13.5. The van der Waals surface area contributed by atoms with E-state index in [-0.39, 0.29) is 29.5 Å². The number of hydrogen-bond acceptors (Lipinski definition) is 6. The minimum absolute atomic E-state index is 0.0424. The number of rotatable bonds is 5. The standard InChI is InChI=1S/C24H24N4O3S2/c1-15(17-7-4-3-5-8-17)25-24(29)19-13-20(21-9-6-11-32-21)26-23-22(19)16(2)27-28(23)18-10-12-33(30,31)14-18/h3-9,11,13,15,18H,10,12,14H2,1-2H3,(H,25,29). The van der Waals surface area contributed by atoms with Crippen molar-refractivity contribution in [3.05, 3.63) is 70.7 Å². The zero-order valence-corrected chi connectivity index (χ0v) is 20.0. The average molecular weight is 481 g/mol. The number of carbonyl (C=O) groups is 1. The minimum Gasteiger partial charge on any atom is -0.345 e. The third-order valence-electron chi connectivity index (χ3n) is 6.06. The Morgan fingerprint density at radius 1 is 1.21 bits per heavy atom. The summed E-state index contributed by atoms with van der Waals surface area (Å²) in [7, 11) is -3.10. The maximum absolute atomic E-state index is 13.5. The van der Waals surface area contributed by atoms with Crippen molar-refractivity contribution >= 4 is 38.1 Å². The Morgan fingerprint density at radius 2 is 2.00 bits per heavy atom. The molecule has 1 N–H and O–H groups in total. The molecule has 2 atom stereocenters. The fourth-order valence-corrected chi connectivity index (χ4v) is 6.74. The van der Waals surface area contributed by atoms with Gasteiger partial charge in [0.1, 0.15) is 0 Å². The summed E-state index contributed by atoms with van der Waals surface area (Å²) in [5.41, 5.74) is 3.40. The van der Waals surface area contributed by atoms with Gasteiger partial charge in [-0.3, -0.25) is 4.79 Å². The summed E-state index contributed by atoms with van der Waals surface area (Å²) in [6.45, 7) is 3.79. The third kappa shape index (κ3) is 4.18. The van der Waals surface area contributed by atoms with E-state index < -0.39 is 9.84 Å². The lowest BCUT2D eigenvalue weighted by Crippen LogP contribution is -2.27. The highest BCUT2D eigenvalue weighted by Crippen LogP contribution is 2.33. The first-order valence-corrected chi connectivity index (χ1v) is 13.5. The molecule has 0 radical (unpaired) electrons. The number of benzene rings is 1. The van der Waals surface area contributed by atoms with Crippen LogP contribution in [0, 0.1) is 6.92 Å². The topological polar surface area (TPSA) is 93.9 Å². The molecule has 5 rings (SSSR count). The molecule has 2 unspecified atom stereocenters. The second kappa shape index (κ2) is 8.39. The summed E-state index contributed by atoms with van der Waals surface area (Å²) in [6, 6.07) is 15.0. The van der Waals surface area contributed by atoms with Crippen molar-refractivity contribution in [1.29, 1.82) is 0 Å². The second-order valence-electron chi connectivity index (χ2n) is 8.42. The Hall–Kier alpha value is -3.04. The van der Waals surface area contributed by atoms with Crippen LogP contribution < -0.4 is 5.32 Å². The van der Waals surface area contributed by atoms with Crippen molar-refractivity contribution in [3.63, 3.8) is 0 Å². The first-order valence-electron chi connectivity index (χ1n) is 10.8. The minimum atomic E-state index is -3.10. The molecule has 0 bridgehead atoms. The Kier molecular flexibility index (Phi) is 5.54. The van der Waals surface area contributed by atoms with Crippen LogP contribution in [0.4, 0.5) is 0 Å². The molecule has 3 aromatic heterocycles. The van der Waals surface area contributed by atoms with Crippen molar-refractivity contribution in [1.82, 2.24) is 20.1 Å². The smallest absolute Gasteiger partial charge is 0.252 e. The first kappa shape index (κ1) is 21.8. The number of hydrogen-bond donors (Lipinski definition) is 1. The number of thiophene rings is 1. The fraction of sp³-hybridized carbons (Fsp3) is 0.292. The molecule has 170 valence electrons. The van der Waals surface area contributed by atoms with Crippen LogP contribution in [0.5, 0.6) is 0 Å². The van der Waals surface area contributed by atoms with Gasteiger partial charge in [0, 0.05) is 0 Å². The highest BCUT2D eigenvalue weighted by molar-refractivity contribution is 7.91. The van der Waals surface area contributed by atoms with Gasteiger partial charge in [-0.1, -0.05) is 36.4 Å². The quantitative estimate of drug-likeness (QED) is 0.459. The highest BCUT2D eigenvalue weighted by atomic mass is 32.2. The summed E-state index contributed by atoms with van der Waals surface area (Å²) in [6.07, 6.45) is 0.496. The lowest BCUT2D eigenvalue weighted by molar-refractivity contribution is 0.0941. The Bertz CT molecular complexity index is 1430. The molecule has 0 saturated carbocycles. The van der Waals surface area contributed by atoms with E-state index in [4.69, 9.17) is 4.98 Å². The van der Waals surface area contributed by atoms with E-state index in [1.165, 1.54) is 0 Å². The Morgan fingerprint density at radius 3 is 2.67 bits per heavy atom. The summed E-state index contributed by atoms with van der Waals surface area (Å²) in [5.74, 6) is -0.0241. The number of aromatic nitrogens is 3. The van der Waals surface area contributed by atoms with Gasteiger partial charge >= 0.3 is 0 Å². The molecule has 33 heavy (non-hydrogen) atoms. The van der Waals surface area contributed by atoms with Gasteiger partial charge in [-0.25, -0.2) is 18.1 Å². The van der Waals surface area contributed by atoms with Gasteiger partial charge in [0.05, 0.1) is 50.8 Å². The summed E-state index contributed by atoms with van der Waals surface area (Å²) < 4.78 is 25.9. The fourth-order valence-electron chi connectivity index (χ4n) is 4.36. The summed E-state index contributed by atoms with van der Waals surface area (Å²) >= 11 is 1.54. The largest absolute Gasteiger partial charge is 0.345 e. The van der Waals surface area contributed by atoms with Crippen LogP contribution in [-0.4, -0.2) is 40.6 Å². The molecule has 0 spiro atoms. The van der Waals surface area contributed by atoms with Gasteiger partial charge in [0.15, 0.2) is 15.5 Å². The van der Waals surface area contributed by atoms with Crippen LogP contribution in [0.1, 0.15) is 47.0 Å². The number of nitrogens with zero attached hydrogens (tertiary/aromatic N) is 3. The van der Waals surface area contributed by atoms with E-state index in [1.54, 1.807) is 16.0 Å². The van der Waals surface area contributed by atoms with E-state index in [9.17, 15) is 13.2 Å². The average Bonchev–Trinajstić information content (AvgIpc) is 3.53. The number of amides is 1. The van der Waals surface area contributed by atoms with Gasteiger partial charge in [0.2, 0.25) is 0 Å². The highest BCUT2D eigenvalue weighted by Gasteiger charge is 2.32. The molecule has 4 heterocycles. The predicted octanol–water partition coefficient (Wildman–Crippen LogP) is 4.32. The number of aryl methyl sites for hydroxylation is 1. The number of pyridine rings is 1. The molecular weight excluding hydrogens is 456 g/mol. The summed E-state index contributed by atoms with van der Waals surface area (Å²) in [4.78, 5) is 19.3. The van der Waals surface area contributed by atoms with Crippen molar-refractivity contribution in [2.45, 2.75) is 32.4 Å². The number of nitrogens with one attached hydrogen (secondary N) is 1. The van der Waals surface area contributed by atoms with E-state index in [1.807, 2.05) is 67.8 Å². The van der Waals surface area contributed by atoms with Crippen molar-refractivity contribution in [2.75, 3.05) is 11.5 Å². The van der Waals surface area contributed by atoms with Crippen LogP contribution >= 0.6 is 11.3 Å². The third-order valence-corrected chi connectivity index (χ3v) is 8.70. The lowest BCUT2D eigenvalue weighted by Gasteiger charge is -2.16. The van der Waals surface area contributed by atoms with E-state index in [2.05, 4.69) is 10.4 Å². The molecule has 9 heteroatoms. The molecule has 7 nitrogen and oxygen atoms in total. The first-order chi connectivity index (χ1) is 15.8. The second-order valence-corrected chi connectivity index (χ2v) is 11.6. The maximum Gasteiger partial charge on any atom is 0.252 e. The zero-order valence-electron chi connectivity index (χ0n) is 18.4. The van der Waals surface area contributed by atoms with Crippen LogP contribution in [-0.2, 0) is 9.84 Å².